The van der Waals surface area contributed by atoms with Crippen LogP contribution in [0.2, 0.25) is 5.15 Å². The van der Waals surface area contributed by atoms with E-state index in [0.29, 0.717) is 36.6 Å². The number of hydrogen-bond acceptors (Lipinski definition) is 5. The first-order valence-corrected chi connectivity index (χ1v) is 6.45. The second-order valence-electron chi connectivity index (χ2n) is 4.11. The SMILES string of the molecule is CCOCc1nc(Cl)cc(N(CCO)C(C)C)n1. The summed E-state index contributed by atoms with van der Waals surface area (Å²) in [5.41, 5.74) is 0. The van der Waals surface area contributed by atoms with Crippen LogP contribution in [0.25, 0.3) is 0 Å². The van der Waals surface area contributed by atoms with Gasteiger partial charge in [-0.05, 0) is 20.8 Å². The van der Waals surface area contributed by atoms with Crippen LogP contribution < -0.4 is 4.90 Å². The smallest absolute Gasteiger partial charge is 0.158 e. The average molecular weight is 274 g/mol. The lowest BCUT2D eigenvalue weighted by molar-refractivity contribution is 0.128. The summed E-state index contributed by atoms with van der Waals surface area (Å²) < 4.78 is 5.28. The molecule has 0 bridgehead atoms. The van der Waals surface area contributed by atoms with E-state index in [4.69, 9.17) is 21.4 Å². The van der Waals surface area contributed by atoms with Crippen molar-refractivity contribution in [3.63, 3.8) is 0 Å². The van der Waals surface area contributed by atoms with Gasteiger partial charge in [-0.1, -0.05) is 11.6 Å². The molecular weight excluding hydrogens is 254 g/mol. The third-order valence-electron chi connectivity index (χ3n) is 2.42. The topological polar surface area (TPSA) is 58.5 Å². The zero-order chi connectivity index (χ0) is 13.5. The van der Waals surface area contributed by atoms with Crippen LogP contribution in [0.1, 0.15) is 26.6 Å². The summed E-state index contributed by atoms with van der Waals surface area (Å²) in [4.78, 5) is 10.5. The largest absolute Gasteiger partial charge is 0.395 e. The molecule has 0 amide bonds. The van der Waals surface area contributed by atoms with E-state index in [9.17, 15) is 0 Å². The summed E-state index contributed by atoms with van der Waals surface area (Å²) in [5, 5.41) is 9.47. The second-order valence-corrected chi connectivity index (χ2v) is 4.50. The first-order valence-electron chi connectivity index (χ1n) is 6.07. The van der Waals surface area contributed by atoms with E-state index in [-0.39, 0.29) is 12.6 Å². The monoisotopic (exact) mass is 273 g/mol. The maximum atomic E-state index is 9.08. The van der Waals surface area contributed by atoms with E-state index in [1.165, 1.54) is 0 Å². The highest BCUT2D eigenvalue weighted by Gasteiger charge is 2.13. The van der Waals surface area contributed by atoms with Crippen LogP contribution in [-0.2, 0) is 11.3 Å². The molecule has 1 N–H and O–H groups in total. The normalized spacial score (nSPS) is 11.0. The molecule has 0 spiro atoms. The molecule has 1 aromatic heterocycles. The Morgan fingerprint density at radius 2 is 2.17 bits per heavy atom. The van der Waals surface area contributed by atoms with Crippen molar-refractivity contribution in [1.29, 1.82) is 0 Å². The van der Waals surface area contributed by atoms with Crippen molar-refractivity contribution in [2.75, 3.05) is 24.7 Å². The van der Waals surface area contributed by atoms with E-state index in [1.807, 2.05) is 25.7 Å². The number of anilines is 1. The predicted molar refractivity (Wildman–Crippen MR) is 71.9 cm³/mol. The molecular formula is C12H20ClN3O2. The lowest BCUT2D eigenvalue weighted by Crippen LogP contribution is -2.34. The number of hydrogen-bond donors (Lipinski definition) is 1. The number of aliphatic hydroxyl groups is 1. The van der Waals surface area contributed by atoms with Crippen molar-refractivity contribution in [2.45, 2.75) is 33.4 Å². The van der Waals surface area contributed by atoms with Gasteiger partial charge in [0.1, 0.15) is 17.6 Å². The fourth-order valence-corrected chi connectivity index (χ4v) is 1.80. The second kappa shape index (κ2) is 7.51. The summed E-state index contributed by atoms with van der Waals surface area (Å²) >= 11 is 5.98. The van der Waals surface area contributed by atoms with Crippen molar-refractivity contribution >= 4 is 17.4 Å². The van der Waals surface area contributed by atoms with Crippen LogP contribution in [0.3, 0.4) is 0 Å². The zero-order valence-electron chi connectivity index (χ0n) is 11.1. The van der Waals surface area contributed by atoms with E-state index in [1.54, 1.807) is 6.07 Å². The van der Waals surface area contributed by atoms with Crippen LogP contribution in [-0.4, -0.2) is 40.9 Å². The van der Waals surface area contributed by atoms with Crippen LogP contribution in [0.15, 0.2) is 6.07 Å². The molecule has 5 nitrogen and oxygen atoms in total. The lowest BCUT2D eigenvalue weighted by Gasteiger charge is -2.27. The van der Waals surface area contributed by atoms with Gasteiger partial charge in [0, 0.05) is 25.3 Å². The summed E-state index contributed by atoms with van der Waals surface area (Å²) in [7, 11) is 0. The molecule has 0 atom stereocenters. The summed E-state index contributed by atoms with van der Waals surface area (Å²) in [6.45, 7) is 7.52. The van der Waals surface area contributed by atoms with E-state index < -0.39 is 0 Å². The minimum Gasteiger partial charge on any atom is -0.395 e. The Morgan fingerprint density at radius 1 is 1.44 bits per heavy atom. The van der Waals surface area contributed by atoms with Gasteiger partial charge in [0.2, 0.25) is 0 Å². The fraction of sp³-hybridized carbons (Fsp3) is 0.667. The molecule has 0 aliphatic carbocycles. The van der Waals surface area contributed by atoms with E-state index in [2.05, 4.69) is 9.97 Å². The van der Waals surface area contributed by atoms with Crippen molar-refractivity contribution < 1.29 is 9.84 Å². The van der Waals surface area contributed by atoms with Gasteiger partial charge in [-0.15, -0.1) is 0 Å². The Bertz CT molecular complexity index is 374. The first kappa shape index (κ1) is 15.1. The molecule has 0 fully saturated rings. The number of ether oxygens (including phenoxy) is 1. The fourth-order valence-electron chi connectivity index (χ4n) is 1.60. The molecule has 0 unspecified atom stereocenters. The van der Waals surface area contributed by atoms with Gasteiger partial charge in [0.05, 0.1) is 6.61 Å². The number of rotatable bonds is 7. The van der Waals surface area contributed by atoms with Gasteiger partial charge in [0.25, 0.3) is 0 Å². The zero-order valence-corrected chi connectivity index (χ0v) is 11.8. The van der Waals surface area contributed by atoms with Gasteiger partial charge in [0.15, 0.2) is 5.82 Å². The number of halogens is 1. The van der Waals surface area contributed by atoms with Crippen LogP contribution in [0.4, 0.5) is 5.82 Å². The van der Waals surface area contributed by atoms with Crippen LogP contribution in [0, 0.1) is 0 Å². The molecule has 0 aliphatic heterocycles. The molecule has 0 aliphatic rings. The minimum atomic E-state index is 0.0700. The van der Waals surface area contributed by atoms with E-state index in [0.717, 1.165) is 0 Å². The third-order valence-corrected chi connectivity index (χ3v) is 2.62. The Balaban J connectivity index is 2.95. The molecule has 0 aromatic carbocycles. The van der Waals surface area contributed by atoms with Crippen molar-refractivity contribution in [1.82, 2.24) is 9.97 Å². The number of aliphatic hydroxyl groups excluding tert-OH is 1. The van der Waals surface area contributed by atoms with Gasteiger partial charge < -0.3 is 14.7 Å². The molecule has 6 heteroatoms. The maximum absolute atomic E-state index is 9.08. The molecule has 1 heterocycles. The summed E-state index contributed by atoms with van der Waals surface area (Å²) in [6, 6.07) is 1.93. The Morgan fingerprint density at radius 3 is 2.72 bits per heavy atom. The van der Waals surface area contributed by atoms with Gasteiger partial charge >= 0.3 is 0 Å². The summed E-state index contributed by atoms with van der Waals surface area (Å²) in [6.07, 6.45) is 0. The molecule has 18 heavy (non-hydrogen) atoms. The third kappa shape index (κ3) is 4.40. The average Bonchev–Trinajstić information content (AvgIpc) is 2.32. The molecule has 1 aromatic rings. The van der Waals surface area contributed by atoms with Gasteiger partial charge in [-0.2, -0.15) is 0 Å². The van der Waals surface area contributed by atoms with Gasteiger partial charge in [-0.3, -0.25) is 0 Å². The van der Waals surface area contributed by atoms with Crippen molar-refractivity contribution in [2.24, 2.45) is 0 Å². The van der Waals surface area contributed by atoms with Crippen molar-refractivity contribution in [3.8, 4) is 0 Å². The van der Waals surface area contributed by atoms with Crippen molar-refractivity contribution in [3.05, 3.63) is 17.0 Å². The maximum Gasteiger partial charge on any atom is 0.158 e. The Kier molecular flexibility index (Phi) is 6.32. The minimum absolute atomic E-state index is 0.0700. The number of aromatic nitrogens is 2. The quantitative estimate of drug-likeness (QED) is 0.769. The van der Waals surface area contributed by atoms with Crippen LogP contribution in [0.5, 0.6) is 0 Å². The highest BCUT2D eigenvalue weighted by molar-refractivity contribution is 6.29. The highest BCUT2D eigenvalue weighted by atomic mass is 35.5. The first-order chi connectivity index (χ1) is 8.58. The summed E-state index contributed by atoms with van der Waals surface area (Å²) in [5.74, 6) is 1.27. The molecule has 0 saturated carbocycles. The molecule has 0 radical (unpaired) electrons. The number of nitrogens with zero attached hydrogens (tertiary/aromatic N) is 3. The molecule has 102 valence electrons. The molecule has 1 rings (SSSR count). The lowest BCUT2D eigenvalue weighted by atomic mass is 10.3. The molecule has 0 saturated heterocycles. The van der Waals surface area contributed by atoms with Gasteiger partial charge in [-0.25, -0.2) is 9.97 Å². The highest BCUT2D eigenvalue weighted by Crippen LogP contribution is 2.18. The predicted octanol–water partition coefficient (Wildman–Crippen LogP) is 1.87. The standard InChI is InChI=1S/C12H20ClN3O2/c1-4-18-8-11-14-10(13)7-12(15-11)16(5-6-17)9(2)3/h7,9,17H,4-6,8H2,1-3H3. The van der Waals surface area contributed by atoms with E-state index >= 15 is 0 Å². The Labute approximate surface area is 113 Å². The van der Waals surface area contributed by atoms with Crippen LogP contribution >= 0.6 is 11.6 Å². The Hall–Kier alpha value is -0.910.